The maximum absolute atomic E-state index is 13.4. The van der Waals surface area contributed by atoms with Crippen LogP contribution in [0.3, 0.4) is 0 Å². The van der Waals surface area contributed by atoms with Gasteiger partial charge in [0.25, 0.3) is 0 Å². The Morgan fingerprint density at radius 3 is 2.67 bits per heavy atom. The zero-order chi connectivity index (χ0) is 13.8. The fraction of sp³-hybridized carbons (Fsp3) is 0.400. The number of nitrogens with two attached hydrogens (primary N) is 1. The van der Waals surface area contributed by atoms with Gasteiger partial charge in [-0.2, -0.15) is 0 Å². The summed E-state index contributed by atoms with van der Waals surface area (Å²) in [5.74, 6) is -2.86. The molecule has 0 aliphatic rings. The molecular formula is C10H14F2N2O3S. The van der Waals surface area contributed by atoms with Gasteiger partial charge in [0.2, 0.25) is 10.0 Å². The number of rotatable bonds is 6. The summed E-state index contributed by atoms with van der Waals surface area (Å²) in [6, 6.07) is 1.90. The van der Waals surface area contributed by atoms with Crippen molar-refractivity contribution in [3.63, 3.8) is 0 Å². The van der Waals surface area contributed by atoms with Crippen molar-refractivity contribution < 1.29 is 21.9 Å². The van der Waals surface area contributed by atoms with Crippen LogP contribution in [0.4, 0.5) is 20.2 Å². The van der Waals surface area contributed by atoms with E-state index in [0.29, 0.717) is 6.61 Å². The van der Waals surface area contributed by atoms with Crippen LogP contribution in [-0.2, 0) is 14.8 Å². The van der Waals surface area contributed by atoms with Gasteiger partial charge in [-0.25, -0.2) is 17.2 Å². The molecule has 1 aromatic carbocycles. The van der Waals surface area contributed by atoms with Crippen molar-refractivity contribution >= 4 is 21.4 Å². The third-order valence-electron chi connectivity index (χ3n) is 2.09. The molecule has 1 rings (SSSR count). The van der Waals surface area contributed by atoms with Crippen LogP contribution < -0.4 is 10.5 Å². The second kappa shape index (κ2) is 5.96. The first kappa shape index (κ1) is 14.7. The predicted octanol–water partition coefficient (Wildman–Crippen LogP) is 1.33. The van der Waals surface area contributed by atoms with Crippen molar-refractivity contribution in [1.29, 1.82) is 0 Å². The van der Waals surface area contributed by atoms with Crippen LogP contribution >= 0.6 is 0 Å². The summed E-state index contributed by atoms with van der Waals surface area (Å²) in [6.07, 6.45) is 0. The lowest BCUT2D eigenvalue weighted by Crippen LogP contribution is -2.21. The van der Waals surface area contributed by atoms with Crippen LogP contribution in [0.2, 0.25) is 0 Å². The van der Waals surface area contributed by atoms with Crippen molar-refractivity contribution in [1.82, 2.24) is 0 Å². The Balaban J connectivity index is 2.87. The van der Waals surface area contributed by atoms with E-state index in [9.17, 15) is 17.2 Å². The molecule has 0 amide bonds. The lowest BCUT2D eigenvalue weighted by atomic mass is 10.2. The van der Waals surface area contributed by atoms with Gasteiger partial charge in [-0.3, -0.25) is 4.72 Å². The van der Waals surface area contributed by atoms with E-state index in [-0.39, 0.29) is 18.0 Å². The zero-order valence-electron chi connectivity index (χ0n) is 9.74. The molecule has 3 N–H and O–H groups in total. The zero-order valence-corrected chi connectivity index (χ0v) is 10.6. The van der Waals surface area contributed by atoms with Crippen molar-refractivity contribution in [2.75, 3.05) is 29.4 Å². The minimum absolute atomic E-state index is 0.0390. The SMILES string of the molecule is CCOCCS(=O)(=O)Nc1c(N)ccc(F)c1F. The molecule has 0 spiro atoms. The van der Waals surface area contributed by atoms with Crippen LogP contribution in [0.15, 0.2) is 12.1 Å². The van der Waals surface area contributed by atoms with Gasteiger partial charge in [0.1, 0.15) is 5.69 Å². The highest BCUT2D eigenvalue weighted by Crippen LogP contribution is 2.25. The predicted molar refractivity (Wildman–Crippen MR) is 64.7 cm³/mol. The van der Waals surface area contributed by atoms with Crippen LogP contribution in [0.1, 0.15) is 6.92 Å². The van der Waals surface area contributed by atoms with Crippen LogP contribution in [0.5, 0.6) is 0 Å². The van der Waals surface area contributed by atoms with Gasteiger partial charge in [0.05, 0.1) is 18.0 Å². The number of nitrogen functional groups attached to an aromatic ring is 1. The molecule has 0 saturated carbocycles. The van der Waals surface area contributed by atoms with E-state index in [0.717, 1.165) is 12.1 Å². The number of hydrogen-bond acceptors (Lipinski definition) is 4. The number of sulfonamides is 1. The van der Waals surface area contributed by atoms with Crippen molar-refractivity contribution in [2.45, 2.75) is 6.92 Å². The lowest BCUT2D eigenvalue weighted by molar-refractivity contribution is 0.163. The molecule has 0 radical (unpaired) electrons. The summed E-state index contributed by atoms with van der Waals surface area (Å²) < 4.78 is 56.2. The van der Waals surface area contributed by atoms with Gasteiger partial charge in [0.15, 0.2) is 11.6 Å². The molecule has 8 heteroatoms. The Morgan fingerprint density at radius 1 is 1.39 bits per heavy atom. The standard InChI is InChI=1S/C10H14F2N2O3S/c1-2-17-5-6-18(15,16)14-10-8(13)4-3-7(11)9(10)12/h3-4,14H,2,5-6,13H2,1H3. The average molecular weight is 280 g/mol. The van der Waals surface area contributed by atoms with E-state index in [1.165, 1.54) is 0 Å². The second-order valence-electron chi connectivity index (χ2n) is 3.44. The number of nitrogens with one attached hydrogen (secondary N) is 1. The molecule has 0 unspecified atom stereocenters. The Labute approximate surface area is 104 Å². The molecule has 0 aliphatic heterocycles. The summed E-state index contributed by atoms with van der Waals surface area (Å²) in [7, 11) is -3.83. The molecule has 0 aliphatic carbocycles. The normalized spacial score (nSPS) is 11.5. The fourth-order valence-corrected chi connectivity index (χ4v) is 2.15. The highest BCUT2D eigenvalue weighted by atomic mass is 32.2. The van der Waals surface area contributed by atoms with Crippen LogP contribution in [0, 0.1) is 11.6 Å². The van der Waals surface area contributed by atoms with Crippen molar-refractivity contribution in [2.24, 2.45) is 0 Å². The molecule has 1 aromatic rings. The van der Waals surface area contributed by atoms with Gasteiger partial charge in [-0.15, -0.1) is 0 Å². The average Bonchev–Trinajstić information content (AvgIpc) is 2.30. The summed E-state index contributed by atoms with van der Waals surface area (Å²) in [5, 5.41) is 0. The minimum atomic E-state index is -3.83. The number of hydrogen-bond donors (Lipinski definition) is 2. The molecule has 0 saturated heterocycles. The quantitative estimate of drug-likeness (QED) is 0.608. The first-order valence-corrected chi connectivity index (χ1v) is 6.84. The first-order chi connectivity index (χ1) is 8.37. The maximum Gasteiger partial charge on any atom is 0.235 e. The fourth-order valence-electron chi connectivity index (χ4n) is 1.19. The van der Waals surface area contributed by atoms with Crippen molar-refractivity contribution in [3.05, 3.63) is 23.8 Å². The summed E-state index contributed by atoms with van der Waals surface area (Å²) >= 11 is 0. The number of ether oxygens (including phenoxy) is 1. The molecular weight excluding hydrogens is 266 g/mol. The minimum Gasteiger partial charge on any atom is -0.397 e. The van der Waals surface area contributed by atoms with E-state index in [1.807, 2.05) is 4.72 Å². The lowest BCUT2D eigenvalue weighted by Gasteiger charge is -2.11. The summed E-state index contributed by atoms with van der Waals surface area (Å²) in [5.41, 5.74) is 4.62. The van der Waals surface area contributed by atoms with Gasteiger partial charge in [-0.05, 0) is 19.1 Å². The topological polar surface area (TPSA) is 81.4 Å². The maximum atomic E-state index is 13.4. The molecule has 0 aromatic heterocycles. The Kier molecular flexibility index (Phi) is 4.85. The van der Waals surface area contributed by atoms with Gasteiger partial charge in [0, 0.05) is 6.61 Å². The third kappa shape index (κ3) is 3.81. The Morgan fingerprint density at radius 2 is 2.06 bits per heavy atom. The molecule has 18 heavy (non-hydrogen) atoms. The van der Waals surface area contributed by atoms with Crippen LogP contribution in [0.25, 0.3) is 0 Å². The van der Waals surface area contributed by atoms with Crippen molar-refractivity contribution in [3.8, 4) is 0 Å². The monoisotopic (exact) mass is 280 g/mol. The molecule has 102 valence electrons. The van der Waals surface area contributed by atoms with Gasteiger partial charge in [-0.1, -0.05) is 0 Å². The number of halogens is 2. The largest absolute Gasteiger partial charge is 0.397 e. The number of benzene rings is 1. The summed E-state index contributed by atoms with van der Waals surface area (Å²) in [4.78, 5) is 0. The van der Waals surface area contributed by atoms with Crippen LogP contribution in [-0.4, -0.2) is 27.4 Å². The van der Waals surface area contributed by atoms with E-state index in [2.05, 4.69) is 0 Å². The van der Waals surface area contributed by atoms with E-state index in [4.69, 9.17) is 10.5 Å². The Hall–Kier alpha value is -1.41. The summed E-state index contributed by atoms with van der Waals surface area (Å²) in [6.45, 7) is 2.04. The number of anilines is 2. The second-order valence-corrected chi connectivity index (χ2v) is 5.29. The molecule has 0 bridgehead atoms. The first-order valence-electron chi connectivity index (χ1n) is 5.19. The van der Waals surface area contributed by atoms with E-state index in [1.54, 1.807) is 6.92 Å². The molecule has 5 nitrogen and oxygen atoms in total. The van der Waals surface area contributed by atoms with E-state index < -0.39 is 27.3 Å². The molecule has 0 atom stereocenters. The van der Waals surface area contributed by atoms with E-state index >= 15 is 0 Å². The highest BCUT2D eigenvalue weighted by Gasteiger charge is 2.18. The highest BCUT2D eigenvalue weighted by molar-refractivity contribution is 7.92. The van der Waals surface area contributed by atoms with Gasteiger partial charge >= 0.3 is 0 Å². The van der Waals surface area contributed by atoms with Gasteiger partial charge < -0.3 is 10.5 Å². The smallest absolute Gasteiger partial charge is 0.235 e. The molecule has 0 heterocycles. The molecule has 0 fully saturated rings. The third-order valence-corrected chi connectivity index (χ3v) is 3.30. The Bertz CT molecular complexity index is 520.